The minimum atomic E-state index is -0.459. The van der Waals surface area contributed by atoms with Crippen molar-refractivity contribution in [1.29, 1.82) is 5.26 Å². The average molecular weight is 313 g/mol. The summed E-state index contributed by atoms with van der Waals surface area (Å²) in [5.74, 6) is 0.110. The SMILES string of the molecule is CCO[C@H](CC)C(=O)Nc1ccc(-n2ncc(C#N)c2N)cc1. The molecule has 23 heavy (non-hydrogen) atoms. The zero-order valence-electron chi connectivity index (χ0n) is 13.1. The Balaban J connectivity index is 2.12. The van der Waals surface area contributed by atoms with Gasteiger partial charge in [-0.1, -0.05) is 6.92 Å². The number of aromatic nitrogens is 2. The van der Waals surface area contributed by atoms with Crippen LogP contribution in [0, 0.1) is 11.3 Å². The van der Waals surface area contributed by atoms with Crippen LogP contribution in [0.2, 0.25) is 0 Å². The molecule has 1 atom stereocenters. The van der Waals surface area contributed by atoms with Crippen LogP contribution in [0.15, 0.2) is 30.5 Å². The van der Waals surface area contributed by atoms with Gasteiger partial charge >= 0.3 is 0 Å². The third kappa shape index (κ3) is 3.67. The second-order valence-corrected chi connectivity index (χ2v) is 4.86. The van der Waals surface area contributed by atoms with Crippen molar-refractivity contribution in [3.63, 3.8) is 0 Å². The Bertz CT molecular complexity index is 715. The van der Waals surface area contributed by atoms with Gasteiger partial charge in [0.05, 0.1) is 11.9 Å². The highest BCUT2D eigenvalue weighted by atomic mass is 16.5. The van der Waals surface area contributed by atoms with Crippen LogP contribution in [0.25, 0.3) is 5.69 Å². The maximum atomic E-state index is 12.1. The van der Waals surface area contributed by atoms with Gasteiger partial charge in [0.2, 0.25) is 0 Å². The third-order valence-corrected chi connectivity index (χ3v) is 3.34. The van der Waals surface area contributed by atoms with E-state index in [0.717, 1.165) is 0 Å². The number of hydrogen-bond donors (Lipinski definition) is 2. The number of amides is 1. The minimum Gasteiger partial charge on any atom is -0.382 e. The molecule has 1 amide bonds. The fourth-order valence-electron chi connectivity index (χ4n) is 2.14. The number of nitrogen functional groups attached to an aromatic ring is 1. The van der Waals surface area contributed by atoms with Gasteiger partial charge in [-0.25, -0.2) is 4.68 Å². The van der Waals surface area contributed by atoms with Crippen LogP contribution in [0.3, 0.4) is 0 Å². The number of benzene rings is 1. The van der Waals surface area contributed by atoms with Gasteiger partial charge in [-0.3, -0.25) is 4.79 Å². The first kappa shape index (κ1) is 16.5. The second-order valence-electron chi connectivity index (χ2n) is 4.86. The highest BCUT2D eigenvalue weighted by Crippen LogP contribution is 2.18. The summed E-state index contributed by atoms with van der Waals surface area (Å²) in [6, 6.07) is 9.00. The smallest absolute Gasteiger partial charge is 0.253 e. The van der Waals surface area contributed by atoms with E-state index in [1.165, 1.54) is 10.9 Å². The van der Waals surface area contributed by atoms with Crippen molar-refractivity contribution < 1.29 is 9.53 Å². The number of hydrogen-bond acceptors (Lipinski definition) is 5. The molecule has 0 bridgehead atoms. The van der Waals surface area contributed by atoms with Crippen LogP contribution < -0.4 is 11.1 Å². The average Bonchev–Trinajstić information content (AvgIpc) is 2.94. The van der Waals surface area contributed by atoms with Crippen LogP contribution in [0.1, 0.15) is 25.8 Å². The molecule has 120 valence electrons. The second kappa shape index (κ2) is 7.42. The lowest BCUT2D eigenvalue weighted by Gasteiger charge is -2.15. The largest absolute Gasteiger partial charge is 0.382 e. The first-order valence-electron chi connectivity index (χ1n) is 7.37. The lowest BCUT2D eigenvalue weighted by molar-refractivity contribution is -0.127. The molecule has 7 nitrogen and oxygen atoms in total. The van der Waals surface area contributed by atoms with Crippen molar-refractivity contribution in [2.45, 2.75) is 26.4 Å². The minimum absolute atomic E-state index is 0.174. The fourth-order valence-corrected chi connectivity index (χ4v) is 2.14. The molecular weight excluding hydrogens is 294 g/mol. The van der Waals surface area contributed by atoms with E-state index in [1.54, 1.807) is 24.3 Å². The number of nitrogens with one attached hydrogen (secondary N) is 1. The summed E-state index contributed by atoms with van der Waals surface area (Å²) in [5, 5.41) is 15.8. The Hall–Kier alpha value is -2.85. The zero-order chi connectivity index (χ0) is 16.8. The summed E-state index contributed by atoms with van der Waals surface area (Å²) in [6.07, 6.45) is 1.57. The number of carbonyl (C=O) groups excluding carboxylic acids is 1. The topological polar surface area (TPSA) is 106 Å². The van der Waals surface area contributed by atoms with Crippen LogP contribution in [-0.2, 0) is 9.53 Å². The van der Waals surface area contributed by atoms with Gasteiger partial charge in [0, 0.05) is 12.3 Å². The maximum Gasteiger partial charge on any atom is 0.253 e. The molecule has 3 N–H and O–H groups in total. The molecule has 0 aliphatic carbocycles. The third-order valence-electron chi connectivity index (χ3n) is 3.34. The summed E-state index contributed by atoms with van der Waals surface area (Å²) in [7, 11) is 0. The standard InChI is InChI=1S/C16H19N5O2/c1-3-14(23-4-2)16(22)20-12-5-7-13(8-6-12)21-15(18)11(9-17)10-19-21/h5-8,10,14H,3-4,18H2,1-2H3,(H,20,22)/t14-/m1/s1. The molecule has 1 aromatic carbocycles. The number of ether oxygens (including phenoxy) is 1. The molecule has 0 spiro atoms. The molecule has 1 aromatic heterocycles. The van der Waals surface area contributed by atoms with Crippen molar-refractivity contribution in [2.24, 2.45) is 0 Å². The fraction of sp³-hybridized carbons (Fsp3) is 0.312. The molecule has 2 aromatic rings. The van der Waals surface area contributed by atoms with E-state index in [1.807, 2.05) is 19.9 Å². The Morgan fingerprint density at radius 1 is 1.43 bits per heavy atom. The molecule has 1 heterocycles. The Kier molecular flexibility index (Phi) is 5.33. The highest BCUT2D eigenvalue weighted by molar-refractivity contribution is 5.94. The van der Waals surface area contributed by atoms with E-state index in [0.29, 0.717) is 30.0 Å². The summed E-state index contributed by atoms with van der Waals surface area (Å²) in [4.78, 5) is 12.1. The predicted octanol–water partition coefficient (Wildman–Crippen LogP) is 2.08. The van der Waals surface area contributed by atoms with Crippen LogP contribution >= 0.6 is 0 Å². The van der Waals surface area contributed by atoms with E-state index in [4.69, 9.17) is 15.7 Å². The summed E-state index contributed by atoms with van der Waals surface area (Å²) in [5.41, 5.74) is 7.53. The summed E-state index contributed by atoms with van der Waals surface area (Å²) in [6.45, 7) is 4.25. The molecule has 0 saturated carbocycles. The normalized spacial score (nSPS) is 11.7. The molecule has 2 rings (SSSR count). The van der Waals surface area contributed by atoms with E-state index in [-0.39, 0.29) is 11.7 Å². The molecule has 0 fully saturated rings. The highest BCUT2D eigenvalue weighted by Gasteiger charge is 2.16. The quantitative estimate of drug-likeness (QED) is 0.849. The van der Waals surface area contributed by atoms with Gasteiger partial charge in [-0.2, -0.15) is 10.4 Å². The van der Waals surface area contributed by atoms with Crippen molar-refractivity contribution in [3.8, 4) is 11.8 Å². The number of nitrogens with two attached hydrogens (primary N) is 1. The van der Waals surface area contributed by atoms with E-state index in [9.17, 15) is 4.79 Å². The van der Waals surface area contributed by atoms with E-state index < -0.39 is 6.10 Å². The zero-order valence-corrected chi connectivity index (χ0v) is 13.1. The lowest BCUT2D eigenvalue weighted by atomic mass is 10.2. The number of anilines is 2. The van der Waals surface area contributed by atoms with Crippen LogP contribution in [0.5, 0.6) is 0 Å². The van der Waals surface area contributed by atoms with Crippen molar-refractivity contribution >= 4 is 17.4 Å². The molecule has 7 heteroatoms. The molecule has 0 aliphatic rings. The van der Waals surface area contributed by atoms with Crippen molar-refractivity contribution in [3.05, 3.63) is 36.0 Å². The molecule has 0 radical (unpaired) electrons. The van der Waals surface area contributed by atoms with Gasteiger partial charge in [-0.05, 0) is 37.6 Å². The first-order chi connectivity index (χ1) is 11.1. The lowest BCUT2D eigenvalue weighted by Crippen LogP contribution is -2.29. The monoisotopic (exact) mass is 313 g/mol. The van der Waals surface area contributed by atoms with Crippen molar-refractivity contribution in [1.82, 2.24) is 9.78 Å². The number of nitriles is 1. The maximum absolute atomic E-state index is 12.1. The first-order valence-corrected chi connectivity index (χ1v) is 7.37. The van der Waals surface area contributed by atoms with Crippen LogP contribution in [-0.4, -0.2) is 28.4 Å². The van der Waals surface area contributed by atoms with Crippen molar-refractivity contribution in [2.75, 3.05) is 17.7 Å². The summed E-state index contributed by atoms with van der Waals surface area (Å²) >= 11 is 0. The van der Waals surface area contributed by atoms with Gasteiger partial charge in [0.15, 0.2) is 0 Å². The van der Waals surface area contributed by atoms with Gasteiger partial charge in [0.25, 0.3) is 5.91 Å². The van der Waals surface area contributed by atoms with Gasteiger partial charge in [-0.15, -0.1) is 0 Å². The summed E-state index contributed by atoms with van der Waals surface area (Å²) < 4.78 is 6.85. The number of carbonyl (C=O) groups is 1. The van der Waals surface area contributed by atoms with E-state index in [2.05, 4.69) is 10.4 Å². The number of nitrogens with zero attached hydrogens (tertiary/aromatic N) is 3. The molecule has 0 saturated heterocycles. The van der Waals surface area contributed by atoms with Crippen LogP contribution in [0.4, 0.5) is 11.5 Å². The Labute approximate surface area is 134 Å². The molecule has 0 unspecified atom stereocenters. The van der Waals surface area contributed by atoms with Gasteiger partial charge < -0.3 is 15.8 Å². The Morgan fingerprint density at radius 2 is 2.13 bits per heavy atom. The van der Waals surface area contributed by atoms with Gasteiger partial charge in [0.1, 0.15) is 23.6 Å². The van der Waals surface area contributed by atoms with E-state index >= 15 is 0 Å². The number of rotatable bonds is 6. The molecule has 0 aliphatic heterocycles. The Morgan fingerprint density at radius 3 is 2.65 bits per heavy atom. The molecular formula is C16H19N5O2. The predicted molar refractivity (Wildman–Crippen MR) is 87.0 cm³/mol.